The van der Waals surface area contributed by atoms with Gasteiger partial charge in [0.15, 0.2) is 0 Å². The molecule has 5 heteroatoms. The second-order valence-electron chi connectivity index (χ2n) is 4.21. The molecule has 0 aliphatic rings. The molecule has 0 amide bonds. The van der Waals surface area contributed by atoms with E-state index in [1.54, 1.807) is 30.4 Å². The minimum absolute atomic E-state index is 0.0544. The molecule has 0 aromatic carbocycles. The molecule has 20 heavy (non-hydrogen) atoms. The standard InChI is InChI=1S/C15H24O5/c1-2-20-12-11-14(17)8-6-4-3-5-7-13(16)9-10-15(18)19/h3-8,13-14,16-17H,2,9-12H2,1H3,(H,18,19)/b4-3+,7-5+,8-6+. The molecule has 0 saturated heterocycles. The van der Waals surface area contributed by atoms with Gasteiger partial charge in [0.25, 0.3) is 0 Å². The number of hydrogen-bond donors (Lipinski definition) is 3. The van der Waals surface area contributed by atoms with E-state index in [1.165, 1.54) is 6.08 Å². The predicted molar refractivity (Wildman–Crippen MR) is 77.4 cm³/mol. The molecular weight excluding hydrogens is 260 g/mol. The van der Waals surface area contributed by atoms with Gasteiger partial charge in [0.1, 0.15) is 0 Å². The van der Waals surface area contributed by atoms with E-state index < -0.39 is 18.2 Å². The van der Waals surface area contributed by atoms with Crippen LogP contribution in [0.5, 0.6) is 0 Å². The zero-order chi connectivity index (χ0) is 15.2. The lowest BCUT2D eigenvalue weighted by molar-refractivity contribution is -0.137. The van der Waals surface area contributed by atoms with Crippen molar-refractivity contribution in [3.8, 4) is 0 Å². The van der Waals surface area contributed by atoms with Crippen molar-refractivity contribution in [3.63, 3.8) is 0 Å². The van der Waals surface area contributed by atoms with Crippen molar-refractivity contribution < 1.29 is 24.9 Å². The van der Waals surface area contributed by atoms with Crippen LogP contribution in [-0.4, -0.2) is 46.7 Å². The normalized spacial score (nSPS) is 15.3. The highest BCUT2D eigenvalue weighted by atomic mass is 16.5. The summed E-state index contributed by atoms with van der Waals surface area (Å²) in [7, 11) is 0. The Balaban J connectivity index is 3.80. The quantitative estimate of drug-likeness (QED) is 0.397. The lowest BCUT2D eigenvalue weighted by Crippen LogP contribution is -2.06. The zero-order valence-electron chi connectivity index (χ0n) is 11.8. The average molecular weight is 284 g/mol. The van der Waals surface area contributed by atoms with Crippen LogP contribution in [0.2, 0.25) is 0 Å². The van der Waals surface area contributed by atoms with Crippen LogP contribution in [0.15, 0.2) is 36.5 Å². The molecule has 0 heterocycles. The van der Waals surface area contributed by atoms with Crippen LogP contribution < -0.4 is 0 Å². The Kier molecular flexibility index (Phi) is 11.7. The van der Waals surface area contributed by atoms with E-state index >= 15 is 0 Å². The van der Waals surface area contributed by atoms with Gasteiger partial charge in [0.2, 0.25) is 0 Å². The second kappa shape index (κ2) is 12.6. The maximum Gasteiger partial charge on any atom is 0.303 e. The number of ether oxygens (including phenoxy) is 1. The molecule has 2 unspecified atom stereocenters. The SMILES string of the molecule is CCOCCC(O)/C=C/C=C/C=C/C(O)CCC(=O)O. The molecule has 0 fully saturated rings. The molecule has 0 spiro atoms. The Morgan fingerprint density at radius 1 is 1.05 bits per heavy atom. The van der Waals surface area contributed by atoms with E-state index in [-0.39, 0.29) is 12.8 Å². The van der Waals surface area contributed by atoms with Crippen molar-refractivity contribution in [3.05, 3.63) is 36.5 Å². The van der Waals surface area contributed by atoms with Gasteiger partial charge >= 0.3 is 5.97 Å². The third kappa shape index (κ3) is 13.0. The molecule has 0 aromatic heterocycles. The summed E-state index contributed by atoms with van der Waals surface area (Å²) in [6.45, 7) is 3.08. The first-order valence-corrected chi connectivity index (χ1v) is 6.73. The van der Waals surface area contributed by atoms with E-state index in [0.29, 0.717) is 19.6 Å². The average Bonchev–Trinajstić information content (AvgIpc) is 2.40. The van der Waals surface area contributed by atoms with E-state index in [0.717, 1.165) is 0 Å². The number of carboxylic acids is 1. The summed E-state index contributed by atoms with van der Waals surface area (Å²) in [4.78, 5) is 10.3. The Morgan fingerprint density at radius 2 is 1.60 bits per heavy atom. The smallest absolute Gasteiger partial charge is 0.303 e. The first kappa shape index (κ1) is 18.6. The van der Waals surface area contributed by atoms with Crippen molar-refractivity contribution in [1.82, 2.24) is 0 Å². The van der Waals surface area contributed by atoms with Crippen LogP contribution >= 0.6 is 0 Å². The fraction of sp³-hybridized carbons (Fsp3) is 0.533. The van der Waals surface area contributed by atoms with E-state index in [9.17, 15) is 15.0 Å². The van der Waals surface area contributed by atoms with Crippen molar-refractivity contribution in [2.24, 2.45) is 0 Å². The third-order valence-electron chi connectivity index (χ3n) is 2.42. The molecule has 0 radical (unpaired) electrons. The van der Waals surface area contributed by atoms with Gasteiger partial charge in [-0.05, 0) is 13.3 Å². The summed E-state index contributed by atoms with van der Waals surface area (Å²) in [5.41, 5.74) is 0. The lowest BCUT2D eigenvalue weighted by atomic mass is 10.2. The summed E-state index contributed by atoms with van der Waals surface area (Å²) >= 11 is 0. The van der Waals surface area contributed by atoms with Crippen molar-refractivity contribution >= 4 is 5.97 Å². The number of carbonyl (C=O) groups is 1. The fourth-order valence-corrected chi connectivity index (χ4v) is 1.33. The number of allylic oxidation sites excluding steroid dienone is 4. The molecule has 0 aliphatic heterocycles. The molecule has 0 saturated carbocycles. The van der Waals surface area contributed by atoms with Crippen molar-refractivity contribution in [2.75, 3.05) is 13.2 Å². The van der Waals surface area contributed by atoms with E-state index in [4.69, 9.17) is 9.84 Å². The number of aliphatic hydroxyl groups is 2. The summed E-state index contributed by atoms with van der Waals surface area (Å²) in [6.07, 6.45) is 9.39. The van der Waals surface area contributed by atoms with Gasteiger partial charge < -0.3 is 20.1 Å². The number of aliphatic carboxylic acids is 1. The van der Waals surface area contributed by atoms with Crippen LogP contribution in [0.1, 0.15) is 26.2 Å². The number of aliphatic hydroxyl groups excluding tert-OH is 2. The van der Waals surface area contributed by atoms with E-state index in [2.05, 4.69) is 0 Å². The highest BCUT2D eigenvalue weighted by Crippen LogP contribution is 1.99. The lowest BCUT2D eigenvalue weighted by Gasteiger charge is -2.04. The first-order valence-electron chi connectivity index (χ1n) is 6.73. The fourth-order valence-electron chi connectivity index (χ4n) is 1.33. The Bertz CT molecular complexity index is 333. The Hall–Kier alpha value is -1.43. The zero-order valence-corrected chi connectivity index (χ0v) is 11.8. The van der Waals surface area contributed by atoms with Crippen LogP contribution in [0.4, 0.5) is 0 Å². The molecule has 2 atom stereocenters. The summed E-state index contributed by atoms with van der Waals surface area (Å²) in [5, 5.41) is 27.4. The highest BCUT2D eigenvalue weighted by molar-refractivity contribution is 5.66. The topological polar surface area (TPSA) is 87.0 Å². The van der Waals surface area contributed by atoms with Gasteiger partial charge in [-0.15, -0.1) is 0 Å². The number of hydrogen-bond acceptors (Lipinski definition) is 4. The highest BCUT2D eigenvalue weighted by Gasteiger charge is 2.02. The third-order valence-corrected chi connectivity index (χ3v) is 2.42. The molecule has 0 bridgehead atoms. The molecule has 0 rings (SSSR count). The maximum atomic E-state index is 10.3. The summed E-state index contributed by atoms with van der Waals surface area (Å²) < 4.78 is 5.12. The second-order valence-corrected chi connectivity index (χ2v) is 4.21. The van der Waals surface area contributed by atoms with Crippen LogP contribution in [0.25, 0.3) is 0 Å². The summed E-state index contributed by atoms with van der Waals surface area (Å²) in [6, 6.07) is 0. The molecule has 5 nitrogen and oxygen atoms in total. The number of carboxylic acid groups (broad SMARTS) is 1. The molecule has 0 aliphatic carbocycles. The summed E-state index contributed by atoms with van der Waals surface area (Å²) in [5.74, 6) is -0.919. The van der Waals surface area contributed by atoms with Crippen LogP contribution in [0, 0.1) is 0 Å². The van der Waals surface area contributed by atoms with Gasteiger partial charge in [-0.25, -0.2) is 0 Å². The van der Waals surface area contributed by atoms with Gasteiger partial charge in [0.05, 0.1) is 12.2 Å². The van der Waals surface area contributed by atoms with Gasteiger partial charge in [-0.2, -0.15) is 0 Å². The van der Waals surface area contributed by atoms with Gasteiger partial charge in [-0.1, -0.05) is 36.5 Å². The monoisotopic (exact) mass is 284 g/mol. The van der Waals surface area contributed by atoms with Gasteiger partial charge in [-0.3, -0.25) is 4.79 Å². The Morgan fingerprint density at radius 3 is 2.10 bits per heavy atom. The number of rotatable bonds is 11. The van der Waals surface area contributed by atoms with Crippen LogP contribution in [-0.2, 0) is 9.53 Å². The molecule has 3 N–H and O–H groups in total. The van der Waals surface area contributed by atoms with E-state index in [1.807, 2.05) is 6.92 Å². The largest absolute Gasteiger partial charge is 0.481 e. The molecular formula is C15H24O5. The van der Waals surface area contributed by atoms with Crippen molar-refractivity contribution in [1.29, 1.82) is 0 Å². The minimum atomic E-state index is -0.919. The van der Waals surface area contributed by atoms with Gasteiger partial charge in [0, 0.05) is 26.1 Å². The Labute approximate surface area is 119 Å². The minimum Gasteiger partial charge on any atom is -0.481 e. The molecule has 114 valence electrons. The van der Waals surface area contributed by atoms with Crippen LogP contribution in [0.3, 0.4) is 0 Å². The predicted octanol–water partition coefficient (Wildman–Crippen LogP) is 1.67. The maximum absolute atomic E-state index is 10.3. The molecule has 0 aromatic rings. The first-order chi connectivity index (χ1) is 9.56. The van der Waals surface area contributed by atoms with Crippen molar-refractivity contribution in [2.45, 2.75) is 38.4 Å².